The van der Waals surface area contributed by atoms with Crippen molar-refractivity contribution >= 4 is 17.5 Å². The van der Waals surface area contributed by atoms with E-state index in [4.69, 9.17) is 16.0 Å². The van der Waals surface area contributed by atoms with Crippen molar-refractivity contribution in [2.45, 2.75) is 19.8 Å². The Labute approximate surface area is 106 Å². The summed E-state index contributed by atoms with van der Waals surface area (Å²) in [6, 6.07) is 1.58. The molecular weight excluding hydrogens is 240 g/mol. The summed E-state index contributed by atoms with van der Waals surface area (Å²) in [6.07, 6.45) is 3.69. The smallest absolute Gasteiger partial charge is 0.256 e. The van der Waals surface area contributed by atoms with Crippen molar-refractivity contribution in [3.63, 3.8) is 0 Å². The van der Waals surface area contributed by atoms with Crippen LogP contribution in [0.4, 0.5) is 0 Å². The maximum absolute atomic E-state index is 11.8. The average Bonchev–Trinajstić information content (AvgIpc) is 2.74. The molecule has 1 aliphatic rings. The van der Waals surface area contributed by atoms with Crippen LogP contribution in [0.15, 0.2) is 16.7 Å². The first kappa shape index (κ1) is 12.5. The first-order valence-corrected chi connectivity index (χ1v) is 6.20. The lowest BCUT2D eigenvalue weighted by molar-refractivity contribution is 0.0924. The third kappa shape index (κ3) is 3.01. The average molecular weight is 257 g/mol. The molecule has 94 valence electrons. The van der Waals surface area contributed by atoms with E-state index in [2.05, 4.69) is 17.6 Å². The van der Waals surface area contributed by atoms with Crippen LogP contribution >= 0.6 is 11.6 Å². The summed E-state index contributed by atoms with van der Waals surface area (Å²) in [5.41, 5.74) is 0.531. The highest BCUT2D eigenvalue weighted by molar-refractivity contribution is 6.32. The number of rotatable bonds is 3. The number of hydrogen-bond donors (Lipinski definition) is 2. The molecule has 0 aromatic carbocycles. The molecule has 1 saturated heterocycles. The third-order valence-corrected chi connectivity index (χ3v) is 3.52. The molecule has 0 aliphatic carbocycles. The fourth-order valence-electron chi connectivity index (χ4n) is 2.11. The van der Waals surface area contributed by atoms with Crippen LogP contribution in [0.5, 0.6) is 0 Å². The van der Waals surface area contributed by atoms with Gasteiger partial charge >= 0.3 is 0 Å². The first-order valence-electron chi connectivity index (χ1n) is 5.83. The van der Waals surface area contributed by atoms with E-state index in [0.29, 0.717) is 12.1 Å². The maximum atomic E-state index is 11.8. The maximum Gasteiger partial charge on any atom is 0.256 e. The quantitative estimate of drug-likeness (QED) is 0.870. The van der Waals surface area contributed by atoms with Crippen LogP contribution in [0.2, 0.25) is 5.22 Å². The highest BCUT2D eigenvalue weighted by Crippen LogP contribution is 2.24. The lowest BCUT2D eigenvalue weighted by atomic mass is 9.83. The van der Waals surface area contributed by atoms with Gasteiger partial charge in [0, 0.05) is 13.1 Å². The van der Waals surface area contributed by atoms with Gasteiger partial charge in [-0.2, -0.15) is 0 Å². The van der Waals surface area contributed by atoms with Crippen LogP contribution in [0.3, 0.4) is 0 Å². The van der Waals surface area contributed by atoms with Crippen molar-refractivity contribution < 1.29 is 9.21 Å². The summed E-state index contributed by atoms with van der Waals surface area (Å²) in [6.45, 7) is 4.83. The Morgan fingerprint density at radius 2 is 2.53 bits per heavy atom. The van der Waals surface area contributed by atoms with E-state index in [1.165, 1.54) is 6.26 Å². The predicted octanol–water partition coefficient (Wildman–Crippen LogP) is 2.05. The third-order valence-electron chi connectivity index (χ3n) is 3.22. The fourth-order valence-corrected chi connectivity index (χ4v) is 2.31. The van der Waals surface area contributed by atoms with Crippen molar-refractivity contribution in [2.24, 2.45) is 5.41 Å². The van der Waals surface area contributed by atoms with Crippen LogP contribution in [0.25, 0.3) is 0 Å². The van der Waals surface area contributed by atoms with E-state index in [9.17, 15) is 4.79 Å². The van der Waals surface area contributed by atoms with Gasteiger partial charge in [-0.05, 0) is 42.5 Å². The summed E-state index contributed by atoms with van der Waals surface area (Å²) >= 11 is 5.75. The van der Waals surface area contributed by atoms with Crippen LogP contribution in [0, 0.1) is 5.41 Å². The Kier molecular flexibility index (Phi) is 3.74. The Balaban J connectivity index is 1.90. The number of hydrogen-bond acceptors (Lipinski definition) is 3. The monoisotopic (exact) mass is 256 g/mol. The zero-order valence-corrected chi connectivity index (χ0v) is 10.6. The van der Waals surface area contributed by atoms with Gasteiger partial charge in [0.05, 0.1) is 11.8 Å². The van der Waals surface area contributed by atoms with Gasteiger partial charge in [-0.3, -0.25) is 4.79 Å². The van der Waals surface area contributed by atoms with Gasteiger partial charge < -0.3 is 15.1 Å². The van der Waals surface area contributed by atoms with Crippen molar-refractivity contribution in [1.29, 1.82) is 0 Å². The molecule has 1 aromatic rings. The molecular formula is C12H17ClN2O2. The van der Waals surface area contributed by atoms with E-state index in [1.54, 1.807) is 6.07 Å². The van der Waals surface area contributed by atoms with E-state index >= 15 is 0 Å². The lowest BCUT2D eigenvalue weighted by Gasteiger charge is -2.34. The van der Waals surface area contributed by atoms with Gasteiger partial charge in [-0.15, -0.1) is 0 Å². The van der Waals surface area contributed by atoms with Crippen molar-refractivity contribution in [3.05, 3.63) is 23.1 Å². The van der Waals surface area contributed by atoms with Gasteiger partial charge in [-0.25, -0.2) is 0 Å². The Morgan fingerprint density at radius 3 is 3.12 bits per heavy atom. The summed E-state index contributed by atoms with van der Waals surface area (Å²) in [7, 11) is 0. The molecule has 4 nitrogen and oxygen atoms in total. The number of carbonyl (C=O) groups excluding carboxylic acids is 1. The van der Waals surface area contributed by atoms with Crippen LogP contribution in [0.1, 0.15) is 30.1 Å². The minimum absolute atomic E-state index is 0.129. The molecule has 0 saturated carbocycles. The molecule has 0 radical (unpaired) electrons. The summed E-state index contributed by atoms with van der Waals surface area (Å²) < 4.78 is 4.89. The molecule has 2 N–H and O–H groups in total. The Hall–Kier alpha value is -1.00. The van der Waals surface area contributed by atoms with Crippen LogP contribution in [-0.2, 0) is 0 Å². The molecule has 17 heavy (non-hydrogen) atoms. The second-order valence-corrected chi connectivity index (χ2v) is 5.22. The van der Waals surface area contributed by atoms with Gasteiger partial charge in [0.15, 0.2) is 0 Å². The Morgan fingerprint density at radius 1 is 1.71 bits per heavy atom. The Bertz CT molecular complexity index is 397. The number of carbonyl (C=O) groups is 1. The summed E-state index contributed by atoms with van der Waals surface area (Å²) in [4.78, 5) is 11.8. The summed E-state index contributed by atoms with van der Waals surface area (Å²) in [5.74, 6) is -0.171. The topological polar surface area (TPSA) is 54.3 Å². The van der Waals surface area contributed by atoms with Gasteiger partial charge in [0.2, 0.25) is 5.22 Å². The highest BCUT2D eigenvalue weighted by atomic mass is 35.5. The number of amides is 1. The molecule has 1 unspecified atom stereocenters. The van der Waals surface area contributed by atoms with E-state index in [-0.39, 0.29) is 16.5 Å². The normalized spacial score (nSPS) is 24.6. The number of furan rings is 1. The standard InChI is InChI=1S/C12H17ClN2O2/c1-12(4-2-5-14-7-12)8-15-11(16)9-3-6-17-10(9)13/h3,6,14H,2,4-5,7-8H2,1H3,(H,15,16). The molecule has 0 bridgehead atoms. The van der Waals surface area contributed by atoms with Gasteiger partial charge in [-0.1, -0.05) is 6.92 Å². The van der Waals surface area contributed by atoms with Crippen molar-refractivity contribution in [2.75, 3.05) is 19.6 Å². The van der Waals surface area contributed by atoms with Crippen LogP contribution < -0.4 is 10.6 Å². The first-order chi connectivity index (χ1) is 8.11. The van der Waals surface area contributed by atoms with E-state index < -0.39 is 0 Å². The van der Waals surface area contributed by atoms with Crippen molar-refractivity contribution in [1.82, 2.24) is 10.6 Å². The molecule has 1 amide bonds. The largest absolute Gasteiger partial charge is 0.452 e. The zero-order chi connectivity index (χ0) is 12.3. The second-order valence-electron chi connectivity index (χ2n) is 4.88. The SMILES string of the molecule is CC1(CNC(=O)c2ccoc2Cl)CCCNC1. The highest BCUT2D eigenvalue weighted by Gasteiger charge is 2.27. The molecule has 0 spiro atoms. The van der Waals surface area contributed by atoms with Crippen LogP contribution in [-0.4, -0.2) is 25.5 Å². The van der Waals surface area contributed by atoms with E-state index in [0.717, 1.165) is 25.9 Å². The predicted molar refractivity (Wildman–Crippen MR) is 66.3 cm³/mol. The molecule has 1 fully saturated rings. The lowest BCUT2D eigenvalue weighted by Crippen LogP contribution is -2.45. The summed E-state index contributed by atoms with van der Waals surface area (Å²) in [5, 5.41) is 6.41. The number of piperidine rings is 1. The minimum Gasteiger partial charge on any atom is -0.452 e. The van der Waals surface area contributed by atoms with Gasteiger partial charge in [0.25, 0.3) is 5.91 Å². The molecule has 1 atom stereocenters. The number of halogens is 1. The molecule has 1 aromatic heterocycles. The van der Waals surface area contributed by atoms with Gasteiger partial charge in [0.1, 0.15) is 0 Å². The molecule has 1 aliphatic heterocycles. The fraction of sp³-hybridized carbons (Fsp3) is 0.583. The minimum atomic E-state index is -0.171. The molecule has 2 rings (SSSR count). The molecule has 5 heteroatoms. The second kappa shape index (κ2) is 5.10. The zero-order valence-electron chi connectivity index (χ0n) is 9.88. The number of nitrogens with one attached hydrogen (secondary N) is 2. The molecule has 2 heterocycles. The van der Waals surface area contributed by atoms with Crippen molar-refractivity contribution in [3.8, 4) is 0 Å². The van der Waals surface area contributed by atoms with E-state index in [1.807, 2.05) is 0 Å².